The molecule has 0 saturated carbocycles. The Morgan fingerprint density at radius 3 is 2.17 bits per heavy atom. The third-order valence-corrected chi connectivity index (χ3v) is 3.46. The Morgan fingerprint density at radius 2 is 1.78 bits per heavy atom. The summed E-state index contributed by atoms with van der Waals surface area (Å²) in [6, 6.07) is 9.78. The van der Waals surface area contributed by atoms with Gasteiger partial charge in [-0.15, -0.1) is 0 Å². The average Bonchev–Trinajstić information content (AvgIpc) is 2.38. The molecule has 18 heavy (non-hydrogen) atoms. The summed E-state index contributed by atoms with van der Waals surface area (Å²) in [5, 5.41) is 9.04. The van der Waals surface area contributed by atoms with Gasteiger partial charge in [-0.3, -0.25) is 4.79 Å². The number of carbonyl (C=O) groups is 1. The lowest BCUT2D eigenvalue weighted by Crippen LogP contribution is -2.18. The van der Waals surface area contributed by atoms with Crippen LogP contribution in [0.2, 0.25) is 0 Å². The van der Waals surface area contributed by atoms with Crippen LogP contribution >= 0.6 is 0 Å². The Balaban J connectivity index is 2.92. The summed E-state index contributed by atoms with van der Waals surface area (Å²) in [5.41, 5.74) is 1.88. The van der Waals surface area contributed by atoms with Crippen molar-refractivity contribution in [3.8, 4) is 6.07 Å². The Kier molecular flexibility index (Phi) is 5.09. The number of Topliss-reactive ketones (excluding diaryl/α,β-unsaturated/α-hetero) is 1. The van der Waals surface area contributed by atoms with Gasteiger partial charge in [-0.1, -0.05) is 52.0 Å². The molecule has 2 heteroatoms. The van der Waals surface area contributed by atoms with Crippen LogP contribution in [-0.4, -0.2) is 5.78 Å². The monoisotopic (exact) mass is 243 g/mol. The summed E-state index contributed by atoms with van der Waals surface area (Å²) in [4.78, 5) is 12.1. The molecule has 0 amide bonds. The predicted octanol–water partition coefficient (Wildman–Crippen LogP) is 4.18. The van der Waals surface area contributed by atoms with Crippen LogP contribution in [0, 0.1) is 23.2 Å². The highest BCUT2D eigenvalue weighted by Crippen LogP contribution is 2.21. The normalized spacial score (nSPS) is 14.0. The first kappa shape index (κ1) is 14.4. The van der Waals surface area contributed by atoms with Gasteiger partial charge in [0.15, 0.2) is 5.78 Å². The first-order chi connectivity index (χ1) is 8.51. The largest absolute Gasteiger partial charge is 0.293 e. The standard InChI is InChI=1S/C16H21NO/c1-5-12(4)13-6-8-14(9-7-13)16(18)15(10-17)11(2)3/h6-9,11-12,15H,5H2,1-4H3. The fourth-order valence-electron chi connectivity index (χ4n) is 1.90. The van der Waals surface area contributed by atoms with Crippen molar-refractivity contribution < 1.29 is 4.79 Å². The zero-order valence-electron chi connectivity index (χ0n) is 11.6. The van der Waals surface area contributed by atoms with Crippen molar-refractivity contribution in [2.75, 3.05) is 0 Å². The van der Waals surface area contributed by atoms with Crippen LogP contribution in [0.4, 0.5) is 0 Å². The Morgan fingerprint density at radius 1 is 1.22 bits per heavy atom. The third kappa shape index (κ3) is 3.20. The fourth-order valence-corrected chi connectivity index (χ4v) is 1.90. The average molecular weight is 243 g/mol. The third-order valence-electron chi connectivity index (χ3n) is 3.46. The molecule has 0 bridgehead atoms. The molecule has 0 heterocycles. The second kappa shape index (κ2) is 6.35. The zero-order valence-corrected chi connectivity index (χ0v) is 11.6. The number of rotatable bonds is 5. The van der Waals surface area contributed by atoms with Crippen molar-refractivity contribution in [3.05, 3.63) is 35.4 Å². The quantitative estimate of drug-likeness (QED) is 0.728. The van der Waals surface area contributed by atoms with E-state index < -0.39 is 5.92 Å². The molecule has 0 aromatic heterocycles. The van der Waals surface area contributed by atoms with Crippen molar-refractivity contribution in [1.29, 1.82) is 5.26 Å². The molecule has 0 aliphatic carbocycles. The van der Waals surface area contributed by atoms with Gasteiger partial charge in [0.25, 0.3) is 0 Å². The van der Waals surface area contributed by atoms with Gasteiger partial charge < -0.3 is 0 Å². The minimum Gasteiger partial charge on any atom is -0.293 e. The van der Waals surface area contributed by atoms with Crippen LogP contribution in [-0.2, 0) is 0 Å². The van der Waals surface area contributed by atoms with Crippen LogP contribution < -0.4 is 0 Å². The van der Waals surface area contributed by atoms with Crippen LogP contribution in [0.1, 0.15) is 56.0 Å². The highest BCUT2D eigenvalue weighted by Gasteiger charge is 2.22. The van der Waals surface area contributed by atoms with E-state index in [1.165, 1.54) is 5.56 Å². The predicted molar refractivity (Wildman–Crippen MR) is 73.4 cm³/mol. The fraction of sp³-hybridized carbons (Fsp3) is 0.500. The molecule has 1 rings (SSSR count). The maximum Gasteiger partial charge on any atom is 0.180 e. The van der Waals surface area contributed by atoms with Gasteiger partial charge in [-0.05, 0) is 23.8 Å². The number of hydrogen-bond donors (Lipinski definition) is 0. The summed E-state index contributed by atoms with van der Waals surface area (Å²) in [6.07, 6.45) is 1.08. The van der Waals surface area contributed by atoms with E-state index in [0.717, 1.165) is 6.42 Å². The molecular formula is C16H21NO. The summed E-state index contributed by atoms with van der Waals surface area (Å²) in [5.74, 6) is -0.0505. The summed E-state index contributed by atoms with van der Waals surface area (Å²) >= 11 is 0. The van der Waals surface area contributed by atoms with Gasteiger partial charge in [0.05, 0.1) is 6.07 Å². The van der Waals surface area contributed by atoms with E-state index in [4.69, 9.17) is 5.26 Å². The molecule has 1 aromatic rings. The second-order valence-corrected chi connectivity index (χ2v) is 5.15. The number of hydrogen-bond acceptors (Lipinski definition) is 2. The summed E-state index contributed by atoms with van der Waals surface area (Å²) in [7, 11) is 0. The Hall–Kier alpha value is -1.62. The van der Waals surface area contributed by atoms with Gasteiger partial charge >= 0.3 is 0 Å². The van der Waals surface area contributed by atoms with E-state index in [9.17, 15) is 4.79 Å². The first-order valence-corrected chi connectivity index (χ1v) is 6.55. The minimum absolute atomic E-state index is 0.0525. The van der Waals surface area contributed by atoms with Crippen molar-refractivity contribution in [1.82, 2.24) is 0 Å². The first-order valence-electron chi connectivity index (χ1n) is 6.55. The van der Waals surface area contributed by atoms with Crippen molar-refractivity contribution in [2.24, 2.45) is 11.8 Å². The van der Waals surface area contributed by atoms with E-state index >= 15 is 0 Å². The highest BCUT2D eigenvalue weighted by atomic mass is 16.1. The molecule has 0 spiro atoms. The van der Waals surface area contributed by atoms with E-state index in [1.54, 1.807) is 0 Å². The summed E-state index contributed by atoms with van der Waals surface area (Å²) < 4.78 is 0. The van der Waals surface area contributed by atoms with Gasteiger partial charge in [0, 0.05) is 5.56 Å². The molecule has 0 N–H and O–H groups in total. The van der Waals surface area contributed by atoms with Gasteiger partial charge in [0.2, 0.25) is 0 Å². The molecule has 1 aromatic carbocycles. The van der Waals surface area contributed by atoms with E-state index in [0.29, 0.717) is 11.5 Å². The van der Waals surface area contributed by atoms with E-state index in [-0.39, 0.29) is 11.7 Å². The van der Waals surface area contributed by atoms with Crippen LogP contribution in [0.25, 0.3) is 0 Å². The second-order valence-electron chi connectivity index (χ2n) is 5.15. The SMILES string of the molecule is CCC(C)c1ccc(C(=O)C(C#N)C(C)C)cc1. The van der Waals surface area contributed by atoms with Crippen molar-refractivity contribution in [3.63, 3.8) is 0 Å². The molecule has 2 atom stereocenters. The minimum atomic E-state index is -0.542. The number of ketones is 1. The molecule has 0 aliphatic rings. The van der Waals surface area contributed by atoms with Crippen LogP contribution in [0.15, 0.2) is 24.3 Å². The lowest BCUT2D eigenvalue weighted by atomic mass is 9.88. The van der Waals surface area contributed by atoms with E-state index in [1.807, 2.05) is 38.1 Å². The topological polar surface area (TPSA) is 40.9 Å². The highest BCUT2D eigenvalue weighted by molar-refractivity contribution is 5.99. The number of carbonyl (C=O) groups excluding carboxylic acids is 1. The summed E-state index contributed by atoms with van der Waals surface area (Å²) in [6.45, 7) is 8.12. The number of nitrogens with zero attached hydrogens (tertiary/aromatic N) is 1. The molecular weight excluding hydrogens is 222 g/mol. The molecule has 0 saturated heterocycles. The molecule has 0 aliphatic heterocycles. The van der Waals surface area contributed by atoms with Crippen molar-refractivity contribution in [2.45, 2.75) is 40.0 Å². The van der Waals surface area contributed by atoms with E-state index in [2.05, 4.69) is 19.9 Å². The maximum atomic E-state index is 12.1. The van der Waals surface area contributed by atoms with Crippen LogP contribution in [0.3, 0.4) is 0 Å². The molecule has 2 unspecified atom stereocenters. The lowest BCUT2D eigenvalue weighted by Gasteiger charge is -2.13. The lowest BCUT2D eigenvalue weighted by molar-refractivity contribution is 0.0924. The van der Waals surface area contributed by atoms with Gasteiger partial charge in [0.1, 0.15) is 5.92 Å². The molecule has 96 valence electrons. The van der Waals surface area contributed by atoms with Gasteiger partial charge in [-0.25, -0.2) is 0 Å². The molecule has 2 nitrogen and oxygen atoms in total. The maximum absolute atomic E-state index is 12.1. The Bertz CT molecular complexity index is 439. The molecule has 0 fully saturated rings. The smallest absolute Gasteiger partial charge is 0.180 e. The molecule has 0 radical (unpaired) electrons. The number of nitriles is 1. The van der Waals surface area contributed by atoms with Crippen LogP contribution in [0.5, 0.6) is 0 Å². The number of benzene rings is 1. The zero-order chi connectivity index (χ0) is 13.7. The Labute approximate surface area is 110 Å². The van der Waals surface area contributed by atoms with Crippen molar-refractivity contribution >= 4 is 5.78 Å². The van der Waals surface area contributed by atoms with Gasteiger partial charge in [-0.2, -0.15) is 5.26 Å².